The fraction of sp³-hybridized carbons (Fsp3) is 0.364. The number of carboxylic acids is 1. The molecule has 0 fully saturated rings. The molecule has 0 saturated carbocycles. The highest BCUT2D eigenvalue weighted by Gasteiger charge is 2.33. The first-order valence-electron chi connectivity index (χ1n) is 4.76. The molecule has 0 atom stereocenters. The highest BCUT2D eigenvalue weighted by molar-refractivity contribution is 9.10. The molecule has 1 N–H and O–H groups in total. The van der Waals surface area contributed by atoms with Crippen molar-refractivity contribution in [3.05, 3.63) is 22.2 Å². The maximum atomic E-state index is 11.2. The van der Waals surface area contributed by atoms with E-state index in [0.717, 1.165) is 0 Å². The van der Waals surface area contributed by atoms with Crippen LogP contribution in [0.5, 0.6) is 11.5 Å². The Balaban J connectivity index is 2.54. The lowest BCUT2D eigenvalue weighted by Crippen LogP contribution is -2.28. The summed E-state index contributed by atoms with van der Waals surface area (Å²) in [6.07, 6.45) is 0. The van der Waals surface area contributed by atoms with Gasteiger partial charge in [-0.15, -0.1) is 0 Å². The molecule has 0 radical (unpaired) electrons. The SMILES string of the molecule is CC(C)(C(=O)O)c1cc2c(cc1Br)OCO2. The summed E-state index contributed by atoms with van der Waals surface area (Å²) in [6, 6.07) is 3.45. The predicted octanol–water partition coefficient (Wildman–Crippen LogP) is 2.54. The molecule has 0 aromatic heterocycles. The molecule has 1 aliphatic rings. The fourth-order valence-corrected chi connectivity index (χ4v) is 2.33. The predicted molar refractivity (Wildman–Crippen MR) is 60.9 cm³/mol. The maximum Gasteiger partial charge on any atom is 0.313 e. The zero-order chi connectivity index (χ0) is 11.9. The topological polar surface area (TPSA) is 55.8 Å². The van der Waals surface area contributed by atoms with Crippen LogP contribution in [0.25, 0.3) is 0 Å². The number of carbonyl (C=O) groups is 1. The Kier molecular flexibility index (Phi) is 2.58. The van der Waals surface area contributed by atoms with Crippen LogP contribution in [0.4, 0.5) is 0 Å². The summed E-state index contributed by atoms with van der Waals surface area (Å²) >= 11 is 3.36. The fourth-order valence-electron chi connectivity index (χ4n) is 1.51. The number of halogens is 1. The first-order valence-corrected chi connectivity index (χ1v) is 5.55. The van der Waals surface area contributed by atoms with Gasteiger partial charge in [-0.3, -0.25) is 4.79 Å². The summed E-state index contributed by atoms with van der Waals surface area (Å²) in [4.78, 5) is 11.2. The number of benzene rings is 1. The van der Waals surface area contributed by atoms with Gasteiger partial charge in [0.25, 0.3) is 0 Å². The number of ether oxygens (including phenoxy) is 2. The molecule has 0 amide bonds. The molecule has 0 unspecified atom stereocenters. The van der Waals surface area contributed by atoms with Gasteiger partial charge in [0.2, 0.25) is 6.79 Å². The second-order valence-electron chi connectivity index (χ2n) is 4.12. The smallest absolute Gasteiger partial charge is 0.313 e. The van der Waals surface area contributed by atoms with E-state index in [-0.39, 0.29) is 6.79 Å². The lowest BCUT2D eigenvalue weighted by molar-refractivity contribution is -0.142. The van der Waals surface area contributed by atoms with Crippen molar-refractivity contribution in [2.45, 2.75) is 19.3 Å². The van der Waals surface area contributed by atoms with E-state index in [0.29, 0.717) is 21.5 Å². The minimum atomic E-state index is -0.972. The quantitative estimate of drug-likeness (QED) is 0.908. The summed E-state index contributed by atoms with van der Waals surface area (Å²) in [7, 11) is 0. The first-order chi connectivity index (χ1) is 7.43. The van der Waals surface area contributed by atoms with E-state index in [2.05, 4.69) is 15.9 Å². The number of hydrogen-bond acceptors (Lipinski definition) is 3. The van der Waals surface area contributed by atoms with Gasteiger partial charge < -0.3 is 14.6 Å². The lowest BCUT2D eigenvalue weighted by atomic mass is 9.84. The molecule has 1 aromatic carbocycles. The molecular weight excluding hydrogens is 276 g/mol. The van der Waals surface area contributed by atoms with Crippen LogP contribution >= 0.6 is 15.9 Å². The molecule has 2 rings (SSSR count). The standard InChI is InChI=1S/C11H11BrO4/c1-11(2,10(13)14)6-3-8-9(4-7(6)12)16-5-15-8/h3-4H,5H2,1-2H3,(H,13,14). The third kappa shape index (κ3) is 1.65. The maximum absolute atomic E-state index is 11.2. The van der Waals surface area contributed by atoms with E-state index >= 15 is 0 Å². The summed E-state index contributed by atoms with van der Waals surface area (Å²) in [5, 5.41) is 9.17. The number of hydrogen-bond donors (Lipinski definition) is 1. The van der Waals surface area contributed by atoms with Gasteiger partial charge in [-0.25, -0.2) is 0 Å². The zero-order valence-corrected chi connectivity index (χ0v) is 10.5. The van der Waals surface area contributed by atoms with Gasteiger partial charge in [0.05, 0.1) is 5.41 Å². The van der Waals surface area contributed by atoms with Crippen molar-refractivity contribution in [2.24, 2.45) is 0 Å². The van der Waals surface area contributed by atoms with E-state index in [9.17, 15) is 9.90 Å². The van der Waals surface area contributed by atoms with E-state index in [4.69, 9.17) is 9.47 Å². The average Bonchev–Trinajstić information content (AvgIpc) is 2.62. The van der Waals surface area contributed by atoms with Crippen LogP contribution < -0.4 is 9.47 Å². The second kappa shape index (κ2) is 3.66. The normalized spacial score (nSPS) is 13.9. The highest BCUT2D eigenvalue weighted by Crippen LogP contribution is 2.41. The summed E-state index contributed by atoms with van der Waals surface area (Å²) in [6.45, 7) is 3.48. The summed E-state index contributed by atoms with van der Waals surface area (Å²) in [5.41, 5.74) is -0.302. The van der Waals surface area contributed by atoms with E-state index in [1.54, 1.807) is 26.0 Å². The van der Waals surface area contributed by atoms with Gasteiger partial charge in [-0.1, -0.05) is 15.9 Å². The number of carboxylic acid groups (broad SMARTS) is 1. The van der Waals surface area contributed by atoms with E-state index < -0.39 is 11.4 Å². The van der Waals surface area contributed by atoms with Crippen molar-refractivity contribution < 1.29 is 19.4 Å². The van der Waals surface area contributed by atoms with E-state index in [1.807, 2.05) is 0 Å². The molecule has 1 aromatic rings. The molecule has 0 saturated heterocycles. The molecule has 5 heteroatoms. The van der Waals surface area contributed by atoms with Gasteiger partial charge in [0.15, 0.2) is 11.5 Å². The Hall–Kier alpha value is -1.23. The number of fused-ring (bicyclic) bond motifs is 1. The van der Waals surface area contributed by atoms with Crippen molar-refractivity contribution in [2.75, 3.05) is 6.79 Å². The molecule has 0 spiro atoms. The zero-order valence-electron chi connectivity index (χ0n) is 8.91. The summed E-state index contributed by atoms with van der Waals surface area (Å²) in [5.74, 6) is 0.344. The number of aliphatic carboxylic acids is 1. The lowest BCUT2D eigenvalue weighted by Gasteiger charge is -2.21. The molecular formula is C11H11BrO4. The van der Waals surface area contributed by atoms with Crippen molar-refractivity contribution in [3.63, 3.8) is 0 Å². The van der Waals surface area contributed by atoms with E-state index in [1.165, 1.54) is 0 Å². The monoisotopic (exact) mass is 286 g/mol. The molecule has 0 bridgehead atoms. The van der Waals surface area contributed by atoms with Gasteiger partial charge in [0.1, 0.15) is 0 Å². The Morgan fingerprint density at radius 2 is 1.94 bits per heavy atom. The Bertz CT molecular complexity index is 454. The third-order valence-corrected chi connectivity index (χ3v) is 3.33. The molecule has 0 aliphatic carbocycles. The van der Waals surface area contributed by atoms with Gasteiger partial charge >= 0.3 is 5.97 Å². The highest BCUT2D eigenvalue weighted by atomic mass is 79.9. The van der Waals surface area contributed by atoms with Crippen LogP contribution in [0.3, 0.4) is 0 Å². The van der Waals surface area contributed by atoms with Crippen LogP contribution in [0.1, 0.15) is 19.4 Å². The minimum absolute atomic E-state index is 0.179. The second-order valence-corrected chi connectivity index (χ2v) is 4.97. The van der Waals surface area contributed by atoms with Crippen LogP contribution in [-0.4, -0.2) is 17.9 Å². The van der Waals surface area contributed by atoms with Crippen molar-refractivity contribution >= 4 is 21.9 Å². The van der Waals surface area contributed by atoms with Crippen LogP contribution in [-0.2, 0) is 10.2 Å². The molecule has 86 valence electrons. The molecule has 4 nitrogen and oxygen atoms in total. The molecule has 1 heterocycles. The molecule has 1 aliphatic heterocycles. The number of rotatable bonds is 2. The average molecular weight is 287 g/mol. The van der Waals surface area contributed by atoms with Gasteiger partial charge in [-0.05, 0) is 31.5 Å². The molecule has 16 heavy (non-hydrogen) atoms. The Morgan fingerprint density at radius 3 is 2.50 bits per heavy atom. The Morgan fingerprint density at radius 1 is 1.38 bits per heavy atom. The van der Waals surface area contributed by atoms with Crippen LogP contribution in [0.15, 0.2) is 16.6 Å². The van der Waals surface area contributed by atoms with Crippen LogP contribution in [0.2, 0.25) is 0 Å². The van der Waals surface area contributed by atoms with Crippen LogP contribution in [0, 0.1) is 0 Å². The van der Waals surface area contributed by atoms with Gasteiger partial charge in [-0.2, -0.15) is 0 Å². The Labute approximate surface area is 101 Å². The third-order valence-electron chi connectivity index (χ3n) is 2.67. The minimum Gasteiger partial charge on any atom is -0.481 e. The van der Waals surface area contributed by atoms with Crippen molar-refractivity contribution in [1.29, 1.82) is 0 Å². The van der Waals surface area contributed by atoms with Crippen molar-refractivity contribution in [3.8, 4) is 11.5 Å². The van der Waals surface area contributed by atoms with Crippen molar-refractivity contribution in [1.82, 2.24) is 0 Å². The largest absolute Gasteiger partial charge is 0.481 e. The first kappa shape index (κ1) is 11.3. The van der Waals surface area contributed by atoms with Gasteiger partial charge in [0, 0.05) is 4.47 Å². The summed E-state index contributed by atoms with van der Waals surface area (Å²) < 4.78 is 11.2.